The van der Waals surface area contributed by atoms with E-state index in [2.05, 4.69) is 5.32 Å². The summed E-state index contributed by atoms with van der Waals surface area (Å²) in [6.45, 7) is 5.23. The van der Waals surface area contributed by atoms with Crippen LogP contribution in [0.3, 0.4) is 0 Å². The van der Waals surface area contributed by atoms with Crippen molar-refractivity contribution in [1.29, 1.82) is 0 Å². The van der Waals surface area contributed by atoms with E-state index in [4.69, 9.17) is 0 Å². The number of aryl methyl sites for hydroxylation is 2. The smallest absolute Gasteiger partial charge is 0.276 e. The molecule has 1 saturated heterocycles. The van der Waals surface area contributed by atoms with Gasteiger partial charge in [0.25, 0.3) is 5.92 Å². The number of nitrogens with one attached hydrogen (secondary N) is 1. The molecule has 1 aromatic carbocycles. The summed E-state index contributed by atoms with van der Waals surface area (Å²) in [5.41, 5.74) is 2.18. The predicted molar refractivity (Wildman–Crippen MR) is 65.4 cm³/mol. The molecule has 2 rings (SSSR count). The third-order valence-corrected chi connectivity index (χ3v) is 3.74. The van der Waals surface area contributed by atoms with Gasteiger partial charge < -0.3 is 5.32 Å². The minimum Gasteiger partial charge on any atom is -0.317 e. The molecule has 1 heterocycles. The van der Waals surface area contributed by atoms with E-state index in [9.17, 15) is 8.78 Å². The summed E-state index contributed by atoms with van der Waals surface area (Å²) in [6, 6.07) is 5.00. The number of alkyl halides is 2. The summed E-state index contributed by atoms with van der Waals surface area (Å²) in [4.78, 5) is 0. The van der Waals surface area contributed by atoms with Gasteiger partial charge in [0.05, 0.1) is 0 Å². The van der Waals surface area contributed by atoms with Gasteiger partial charge in [0.15, 0.2) is 0 Å². The average Bonchev–Trinajstić information content (AvgIpc) is 2.33. The molecule has 0 saturated carbocycles. The summed E-state index contributed by atoms with van der Waals surface area (Å²) in [6.07, 6.45) is 1.11. The van der Waals surface area contributed by atoms with Gasteiger partial charge >= 0.3 is 0 Å². The van der Waals surface area contributed by atoms with Gasteiger partial charge in [-0.25, -0.2) is 8.78 Å². The number of halogens is 2. The Labute approximate surface area is 101 Å². The van der Waals surface area contributed by atoms with Crippen LogP contribution in [0.5, 0.6) is 0 Å². The first-order chi connectivity index (χ1) is 8.01. The van der Waals surface area contributed by atoms with Crippen LogP contribution in [0, 0.1) is 19.8 Å². The van der Waals surface area contributed by atoms with Crippen LogP contribution in [-0.2, 0) is 5.92 Å². The first kappa shape index (κ1) is 12.5. The molecule has 1 aromatic rings. The highest BCUT2D eigenvalue weighted by Gasteiger charge is 2.41. The number of rotatable bonds is 2. The number of hydrogen-bond acceptors (Lipinski definition) is 1. The van der Waals surface area contributed by atoms with Crippen molar-refractivity contribution in [2.24, 2.45) is 5.92 Å². The Balaban J connectivity index is 2.26. The van der Waals surface area contributed by atoms with Gasteiger partial charge in [0.1, 0.15) is 0 Å². The molecule has 17 heavy (non-hydrogen) atoms. The third-order valence-electron chi connectivity index (χ3n) is 3.74. The minimum atomic E-state index is -2.69. The molecule has 0 atom stereocenters. The molecule has 0 aliphatic carbocycles. The summed E-state index contributed by atoms with van der Waals surface area (Å²) < 4.78 is 28.7. The normalized spacial score (nSPS) is 18.4. The summed E-state index contributed by atoms with van der Waals surface area (Å²) >= 11 is 0. The first-order valence-electron chi connectivity index (χ1n) is 6.18. The summed E-state index contributed by atoms with van der Waals surface area (Å²) in [5.74, 6) is -3.22. The van der Waals surface area contributed by atoms with Gasteiger partial charge in [-0.15, -0.1) is 0 Å². The Morgan fingerprint density at radius 1 is 1.12 bits per heavy atom. The van der Waals surface area contributed by atoms with Crippen LogP contribution in [0.1, 0.15) is 29.5 Å². The Hall–Kier alpha value is -0.960. The predicted octanol–water partition coefficient (Wildman–Crippen LogP) is 3.39. The van der Waals surface area contributed by atoms with E-state index in [0.717, 1.165) is 11.1 Å². The SMILES string of the molecule is Cc1ccc(C(F)(F)C2CCNCC2)cc1C. The highest BCUT2D eigenvalue weighted by atomic mass is 19.3. The van der Waals surface area contributed by atoms with Crippen LogP contribution in [0.15, 0.2) is 18.2 Å². The molecule has 0 radical (unpaired) electrons. The zero-order valence-corrected chi connectivity index (χ0v) is 10.4. The van der Waals surface area contributed by atoms with Crippen molar-refractivity contribution in [3.63, 3.8) is 0 Å². The molecular weight excluding hydrogens is 220 g/mol. The summed E-state index contributed by atoms with van der Waals surface area (Å²) in [7, 11) is 0. The molecule has 94 valence electrons. The van der Waals surface area contributed by atoms with E-state index >= 15 is 0 Å². The average molecular weight is 239 g/mol. The van der Waals surface area contributed by atoms with Gasteiger partial charge in [0.2, 0.25) is 0 Å². The molecule has 0 aromatic heterocycles. The van der Waals surface area contributed by atoms with E-state index in [1.165, 1.54) is 0 Å². The van der Waals surface area contributed by atoms with Crippen LogP contribution in [0.25, 0.3) is 0 Å². The van der Waals surface area contributed by atoms with Gasteiger partial charge in [-0.05, 0) is 57.0 Å². The molecule has 1 aliphatic rings. The highest BCUT2D eigenvalue weighted by molar-refractivity contribution is 5.32. The van der Waals surface area contributed by atoms with Crippen LogP contribution >= 0.6 is 0 Å². The van der Waals surface area contributed by atoms with Crippen LogP contribution in [0.4, 0.5) is 8.78 Å². The van der Waals surface area contributed by atoms with Gasteiger partial charge in [-0.2, -0.15) is 0 Å². The monoisotopic (exact) mass is 239 g/mol. The molecule has 0 bridgehead atoms. The molecule has 1 aliphatic heterocycles. The lowest BCUT2D eigenvalue weighted by molar-refractivity contribution is -0.0753. The molecule has 1 fully saturated rings. The van der Waals surface area contributed by atoms with Crippen molar-refractivity contribution in [3.8, 4) is 0 Å². The van der Waals surface area contributed by atoms with Gasteiger partial charge in [-0.3, -0.25) is 0 Å². The van der Waals surface area contributed by atoms with Crippen LogP contribution in [0.2, 0.25) is 0 Å². The van der Waals surface area contributed by atoms with Crippen LogP contribution in [-0.4, -0.2) is 13.1 Å². The Morgan fingerprint density at radius 2 is 1.76 bits per heavy atom. The minimum absolute atomic E-state index is 0.174. The van der Waals surface area contributed by atoms with Crippen molar-refractivity contribution in [2.75, 3.05) is 13.1 Å². The fraction of sp³-hybridized carbons (Fsp3) is 0.571. The standard InChI is InChI=1S/C14H19F2N/c1-10-3-4-13(9-11(10)2)14(15,16)12-5-7-17-8-6-12/h3-4,9,12,17H,5-8H2,1-2H3. The number of hydrogen-bond donors (Lipinski definition) is 1. The largest absolute Gasteiger partial charge is 0.317 e. The molecule has 1 nitrogen and oxygen atoms in total. The molecule has 3 heteroatoms. The second-order valence-electron chi connectivity index (χ2n) is 4.95. The quantitative estimate of drug-likeness (QED) is 0.834. The third kappa shape index (κ3) is 2.49. The molecule has 0 unspecified atom stereocenters. The Morgan fingerprint density at radius 3 is 2.35 bits per heavy atom. The lowest BCUT2D eigenvalue weighted by Gasteiger charge is -2.31. The van der Waals surface area contributed by atoms with E-state index < -0.39 is 11.8 Å². The van der Waals surface area contributed by atoms with E-state index in [0.29, 0.717) is 25.9 Å². The van der Waals surface area contributed by atoms with E-state index in [1.54, 1.807) is 18.2 Å². The molecular formula is C14H19F2N. The van der Waals surface area contributed by atoms with Crippen molar-refractivity contribution < 1.29 is 8.78 Å². The molecule has 0 amide bonds. The Kier molecular flexibility index (Phi) is 3.48. The number of benzene rings is 1. The lowest BCUT2D eigenvalue weighted by atomic mass is 9.86. The van der Waals surface area contributed by atoms with Gasteiger partial charge in [0, 0.05) is 11.5 Å². The van der Waals surface area contributed by atoms with Crippen molar-refractivity contribution in [1.82, 2.24) is 5.32 Å². The molecule has 0 spiro atoms. The van der Waals surface area contributed by atoms with Crippen molar-refractivity contribution in [2.45, 2.75) is 32.6 Å². The number of piperidine rings is 1. The maximum absolute atomic E-state index is 14.3. The second-order valence-corrected chi connectivity index (χ2v) is 4.95. The fourth-order valence-electron chi connectivity index (χ4n) is 2.37. The zero-order chi connectivity index (χ0) is 12.5. The lowest BCUT2D eigenvalue weighted by Crippen LogP contribution is -2.36. The van der Waals surface area contributed by atoms with Crippen molar-refractivity contribution >= 4 is 0 Å². The summed E-state index contributed by atoms with van der Waals surface area (Å²) in [5, 5.41) is 3.13. The first-order valence-corrected chi connectivity index (χ1v) is 6.18. The highest BCUT2D eigenvalue weighted by Crippen LogP contribution is 2.40. The second kappa shape index (κ2) is 4.73. The van der Waals surface area contributed by atoms with Gasteiger partial charge in [-0.1, -0.05) is 12.1 Å². The van der Waals surface area contributed by atoms with Crippen LogP contribution < -0.4 is 5.32 Å². The fourth-order valence-corrected chi connectivity index (χ4v) is 2.37. The maximum Gasteiger partial charge on any atom is 0.276 e. The maximum atomic E-state index is 14.3. The van der Waals surface area contributed by atoms with E-state index in [1.807, 2.05) is 13.8 Å². The van der Waals surface area contributed by atoms with E-state index in [-0.39, 0.29) is 5.56 Å². The topological polar surface area (TPSA) is 12.0 Å². The van der Waals surface area contributed by atoms with Crippen molar-refractivity contribution in [3.05, 3.63) is 34.9 Å². The Bertz CT molecular complexity index is 395. The zero-order valence-electron chi connectivity index (χ0n) is 10.4. The molecule has 1 N–H and O–H groups in total.